The fourth-order valence-electron chi connectivity index (χ4n) is 2.23. The van der Waals surface area contributed by atoms with Crippen LogP contribution in [0.5, 0.6) is 0 Å². The number of nitrogens with zero attached hydrogens (tertiary/aromatic N) is 1. The SMILES string of the molecule is CCCNC(CN(C)CCCOC)c1ccccc1F. The second kappa shape index (κ2) is 9.86. The number of benzene rings is 1. The van der Waals surface area contributed by atoms with E-state index in [1.165, 1.54) is 6.07 Å². The molecule has 0 radical (unpaired) electrons. The summed E-state index contributed by atoms with van der Waals surface area (Å²) in [6.45, 7) is 5.52. The second-order valence-electron chi connectivity index (χ2n) is 5.14. The molecular formula is C16H27FN2O. The lowest BCUT2D eigenvalue weighted by Crippen LogP contribution is -2.34. The van der Waals surface area contributed by atoms with E-state index in [0.717, 1.165) is 44.6 Å². The van der Waals surface area contributed by atoms with Crippen molar-refractivity contribution < 1.29 is 9.13 Å². The standard InChI is InChI=1S/C16H27FN2O/c1-4-10-18-16(13-19(2)11-7-12-20-3)14-8-5-6-9-15(14)17/h5-6,8-9,16,18H,4,7,10-13H2,1-3H3. The second-order valence-corrected chi connectivity index (χ2v) is 5.14. The summed E-state index contributed by atoms with van der Waals surface area (Å²) in [5.74, 6) is -0.133. The van der Waals surface area contributed by atoms with Gasteiger partial charge in [0.1, 0.15) is 5.82 Å². The van der Waals surface area contributed by atoms with E-state index >= 15 is 0 Å². The van der Waals surface area contributed by atoms with Crippen molar-refractivity contribution in [3.05, 3.63) is 35.6 Å². The average molecular weight is 282 g/mol. The minimum Gasteiger partial charge on any atom is -0.385 e. The molecule has 4 heteroatoms. The van der Waals surface area contributed by atoms with Gasteiger partial charge in [0.2, 0.25) is 0 Å². The molecule has 0 amide bonds. The lowest BCUT2D eigenvalue weighted by atomic mass is 10.1. The van der Waals surface area contributed by atoms with E-state index in [2.05, 4.69) is 24.2 Å². The van der Waals surface area contributed by atoms with Gasteiger partial charge in [-0.3, -0.25) is 0 Å². The van der Waals surface area contributed by atoms with Crippen molar-refractivity contribution in [1.82, 2.24) is 10.2 Å². The fourth-order valence-corrected chi connectivity index (χ4v) is 2.23. The van der Waals surface area contributed by atoms with E-state index < -0.39 is 0 Å². The molecule has 1 aromatic rings. The van der Waals surface area contributed by atoms with Crippen LogP contribution in [0.15, 0.2) is 24.3 Å². The van der Waals surface area contributed by atoms with E-state index in [1.807, 2.05) is 12.1 Å². The normalized spacial score (nSPS) is 12.8. The van der Waals surface area contributed by atoms with Gasteiger partial charge < -0.3 is 15.0 Å². The summed E-state index contributed by atoms with van der Waals surface area (Å²) in [6.07, 6.45) is 2.03. The average Bonchev–Trinajstić information content (AvgIpc) is 2.44. The molecule has 1 atom stereocenters. The summed E-state index contributed by atoms with van der Waals surface area (Å²) in [5, 5.41) is 3.43. The van der Waals surface area contributed by atoms with E-state index in [1.54, 1.807) is 13.2 Å². The molecule has 0 saturated carbocycles. The molecule has 114 valence electrons. The first kappa shape index (κ1) is 17.1. The van der Waals surface area contributed by atoms with E-state index in [9.17, 15) is 4.39 Å². The van der Waals surface area contributed by atoms with Gasteiger partial charge in [-0.15, -0.1) is 0 Å². The van der Waals surface area contributed by atoms with Crippen LogP contribution in [0.3, 0.4) is 0 Å². The first-order chi connectivity index (χ1) is 9.69. The van der Waals surface area contributed by atoms with Gasteiger partial charge >= 0.3 is 0 Å². The number of methoxy groups -OCH3 is 1. The van der Waals surface area contributed by atoms with Crippen molar-refractivity contribution in [3.63, 3.8) is 0 Å². The first-order valence-corrected chi connectivity index (χ1v) is 7.34. The number of likely N-dealkylation sites (N-methyl/N-ethyl adjacent to an activating group) is 1. The third-order valence-electron chi connectivity index (χ3n) is 3.30. The minimum atomic E-state index is -0.133. The Morgan fingerprint density at radius 1 is 1.35 bits per heavy atom. The molecule has 0 saturated heterocycles. The first-order valence-electron chi connectivity index (χ1n) is 7.34. The van der Waals surface area contributed by atoms with Crippen LogP contribution in [-0.4, -0.2) is 45.3 Å². The van der Waals surface area contributed by atoms with Crippen molar-refractivity contribution >= 4 is 0 Å². The molecule has 0 aromatic heterocycles. The van der Waals surface area contributed by atoms with Crippen LogP contribution >= 0.6 is 0 Å². The molecule has 0 bridgehead atoms. The van der Waals surface area contributed by atoms with Crippen LogP contribution in [0.2, 0.25) is 0 Å². The number of hydrogen-bond acceptors (Lipinski definition) is 3. The van der Waals surface area contributed by atoms with Crippen molar-refractivity contribution in [2.45, 2.75) is 25.8 Å². The molecule has 0 fully saturated rings. The van der Waals surface area contributed by atoms with Gasteiger partial charge in [0.25, 0.3) is 0 Å². The number of halogens is 1. The zero-order chi connectivity index (χ0) is 14.8. The molecule has 3 nitrogen and oxygen atoms in total. The zero-order valence-electron chi connectivity index (χ0n) is 12.9. The third kappa shape index (κ3) is 5.99. The molecule has 20 heavy (non-hydrogen) atoms. The Bertz CT molecular complexity index is 373. The third-order valence-corrected chi connectivity index (χ3v) is 3.30. The Kier molecular flexibility index (Phi) is 8.42. The van der Waals surface area contributed by atoms with Crippen LogP contribution in [0.4, 0.5) is 4.39 Å². The number of rotatable bonds is 10. The largest absolute Gasteiger partial charge is 0.385 e. The Labute approximate surface area is 122 Å². The molecule has 0 aliphatic rings. The van der Waals surface area contributed by atoms with Gasteiger partial charge in [0.15, 0.2) is 0 Å². The predicted octanol–water partition coefficient (Wildman–Crippen LogP) is 2.83. The quantitative estimate of drug-likeness (QED) is 0.668. The number of nitrogens with one attached hydrogen (secondary N) is 1. The predicted molar refractivity (Wildman–Crippen MR) is 81.4 cm³/mol. The Balaban J connectivity index is 2.62. The maximum atomic E-state index is 13.9. The van der Waals surface area contributed by atoms with Gasteiger partial charge in [0, 0.05) is 38.4 Å². The van der Waals surface area contributed by atoms with Crippen molar-refractivity contribution in [3.8, 4) is 0 Å². The smallest absolute Gasteiger partial charge is 0.128 e. The molecular weight excluding hydrogens is 255 g/mol. The summed E-state index contributed by atoms with van der Waals surface area (Å²) in [4.78, 5) is 2.22. The lowest BCUT2D eigenvalue weighted by Gasteiger charge is -2.25. The topological polar surface area (TPSA) is 24.5 Å². The Morgan fingerprint density at radius 2 is 2.10 bits per heavy atom. The molecule has 0 spiro atoms. The van der Waals surface area contributed by atoms with Crippen molar-refractivity contribution in [2.24, 2.45) is 0 Å². The summed E-state index contributed by atoms with van der Waals surface area (Å²) in [6, 6.07) is 7.05. The Morgan fingerprint density at radius 3 is 2.75 bits per heavy atom. The summed E-state index contributed by atoms with van der Waals surface area (Å²) >= 11 is 0. The molecule has 1 rings (SSSR count). The van der Waals surface area contributed by atoms with Crippen LogP contribution in [0.1, 0.15) is 31.4 Å². The number of ether oxygens (including phenoxy) is 1. The van der Waals surface area contributed by atoms with Crippen LogP contribution < -0.4 is 5.32 Å². The van der Waals surface area contributed by atoms with Crippen LogP contribution in [0.25, 0.3) is 0 Å². The molecule has 0 heterocycles. The molecule has 0 aliphatic carbocycles. The van der Waals surface area contributed by atoms with Crippen LogP contribution in [-0.2, 0) is 4.74 Å². The summed E-state index contributed by atoms with van der Waals surface area (Å²) < 4.78 is 19.0. The van der Waals surface area contributed by atoms with E-state index in [-0.39, 0.29) is 11.9 Å². The zero-order valence-corrected chi connectivity index (χ0v) is 12.9. The Hall–Kier alpha value is -0.970. The van der Waals surface area contributed by atoms with Crippen LogP contribution in [0, 0.1) is 5.82 Å². The van der Waals surface area contributed by atoms with Gasteiger partial charge in [-0.2, -0.15) is 0 Å². The maximum absolute atomic E-state index is 13.9. The molecule has 1 aromatic carbocycles. The van der Waals surface area contributed by atoms with Gasteiger partial charge in [-0.25, -0.2) is 4.39 Å². The summed E-state index contributed by atoms with van der Waals surface area (Å²) in [5.41, 5.74) is 0.750. The van der Waals surface area contributed by atoms with Crippen molar-refractivity contribution in [2.75, 3.05) is 40.4 Å². The van der Waals surface area contributed by atoms with E-state index in [0.29, 0.717) is 0 Å². The number of hydrogen-bond donors (Lipinski definition) is 1. The van der Waals surface area contributed by atoms with Gasteiger partial charge in [-0.05, 0) is 32.5 Å². The highest BCUT2D eigenvalue weighted by Gasteiger charge is 2.16. The molecule has 0 aliphatic heterocycles. The highest BCUT2D eigenvalue weighted by Crippen LogP contribution is 2.18. The van der Waals surface area contributed by atoms with Crippen molar-refractivity contribution in [1.29, 1.82) is 0 Å². The van der Waals surface area contributed by atoms with E-state index in [4.69, 9.17) is 4.74 Å². The fraction of sp³-hybridized carbons (Fsp3) is 0.625. The maximum Gasteiger partial charge on any atom is 0.128 e. The lowest BCUT2D eigenvalue weighted by molar-refractivity contribution is 0.176. The molecule has 1 N–H and O–H groups in total. The monoisotopic (exact) mass is 282 g/mol. The highest BCUT2D eigenvalue weighted by atomic mass is 19.1. The molecule has 1 unspecified atom stereocenters. The minimum absolute atomic E-state index is 0.0312. The highest BCUT2D eigenvalue weighted by molar-refractivity contribution is 5.21. The van der Waals surface area contributed by atoms with Gasteiger partial charge in [0.05, 0.1) is 0 Å². The van der Waals surface area contributed by atoms with Gasteiger partial charge in [-0.1, -0.05) is 25.1 Å². The summed E-state index contributed by atoms with van der Waals surface area (Å²) in [7, 11) is 3.78.